The van der Waals surface area contributed by atoms with Crippen LogP contribution in [0.2, 0.25) is 20.1 Å². The van der Waals surface area contributed by atoms with Gasteiger partial charge in [-0.15, -0.1) is 16.9 Å². The summed E-state index contributed by atoms with van der Waals surface area (Å²) in [5.74, 6) is -3.33. The Labute approximate surface area is 516 Å². The SMILES string of the molecule is CCCCCCc1cc2c(cc1OC(=O)OCc1ccc(OCC3=C(C(=O)O)N4C(=O)[C@@H](NC(=O)[C@@H]5N6C(=O)C[C@H]6S(=O)(=O)C5(C)Cn5ccnn5)[C@H]4SC3)cc1)Oc1cc(N(C)c3ccccc3)ccc1C21OC(=O)c2c(Cl)c(Cl)c(Cl)c(Cl)c21. The Balaban J connectivity index is 0.742. The minimum absolute atomic E-state index is 0.0464. The molecule has 0 bridgehead atoms. The summed E-state index contributed by atoms with van der Waals surface area (Å²) >= 11 is 28.3. The second-order valence-electron chi connectivity index (χ2n) is 21.6. The third-order valence-electron chi connectivity index (χ3n) is 16.4. The number of carbonyl (C=O) groups excluding carboxylic acids is 5. The highest BCUT2D eigenvalue weighted by atomic mass is 35.5. The standard InChI is InChI=1S/C59H51Cl4N7O14S2/c1-4-5-6-8-11-31-22-37-40(82-39-23-34(67(3)33-12-9-7-10-13-33)16-19-36(39)59(37)44-43(56(76)84-59)45(60)47(62)48(63)46(44)61)24-38(31)83-57(77)81-26-30-14-17-35(18-15-30)80-27-32-28-85-54-49(53(73)70(54)50(32)55(74)75)65-52(72)51-58(2,29-68-21-20-64-66-68)86(78,79)42-25-41(71)69(42)51/h7,9-10,12-24,42,49,51,54H,4-6,8,11,25-29H2,1-3H3,(H,65,72)(H,74,75)/t42-,49-,51+,54-,58?,59?/m1/s1. The number of unbranched alkanes of at least 4 members (excludes halogenated alkanes) is 3. The molecule has 2 N–H and O–H groups in total. The lowest BCUT2D eigenvalue weighted by Crippen LogP contribution is -2.73. The van der Waals surface area contributed by atoms with Crippen molar-refractivity contribution < 1.29 is 66.0 Å². The molecule has 446 valence electrons. The average molecular weight is 1290 g/mol. The molecule has 86 heavy (non-hydrogen) atoms. The fourth-order valence-corrected chi connectivity index (χ4v) is 16.8. The van der Waals surface area contributed by atoms with Crippen LogP contribution in [0.1, 0.15) is 84.1 Å². The van der Waals surface area contributed by atoms with Crippen molar-refractivity contribution in [2.75, 3.05) is 24.3 Å². The number of benzene rings is 5. The predicted octanol–water partition coefficient (Wildman–Crippen LogP) is 10.00. The van der Waals surface area contributed by atoms with Gasteiger partial charge in [-0.3, -0.25) is 24.0 Å². The van der Waals surface area contributed by atoms with Gasteiger partial charge >= 0.3 is 18.1 Å². The van der Waals surface area contributed by atoms with Gasteiger partial charge in [-0.25, -0.2) is 22.8 Å². The zero-order chi connectivity index (χ0) is 60.7. The summed E-state index contributed by atoms with van der Waals surface area (Å²) in [6.45, 7) is 2.69. The van der Waals surface area contributed by atoms with Gasteiger partial charge in [-0.1, -0.05) is 108 Å². The summed E-state index contributed by atoms with van der Waals surface area (Å²) in [7, 11) is -2.20. The number of esters is 1. The highest BCUT2D eigenvalue weighted by Crippen LogP contribution is 2.62. The van der Waals surface area contributed by atoms with E-state index in [1.54, 1.807) is 48.5 Å². The van der Waals surface area contributed by atoms with Crippen molar-refractivity contribution in [1.29, 1.82) is 0 Å². The Morgan fingerprint density at radius 3 is 2.35 bits per heavy atom. The van der Waals surface area contributed by atoms with Gasteiger partial charge in [0, 0.05) is 64.8 Å². The number of carboxylic acid groups (broad SMARTS) is 1. The fourth-order valence-electron chi connectivity index (χ4n) is 12.0. The maximum atomic E-state index is 14.1. The average Bonchev–Trinajstić information content (AvgIpc) is 1.79. The Bertz CT molecular complexity index is 3990. The molecule has 6 aliphatic rings. The van der Waals surface area contributed by atoms with E-state index in [1.807, 2.05) is 48.3 Å². The van der Waals surface area contributed by atoms with Gasteiger partial charge in [0.2, 0.25) is 11.8 Å². The second kappa shape index (κ2) is 22.6. The number of ether oxygens (including phenoxy) is 5. The molecular formula is C59H51Cl4N7O14S2. The van der Waals surface area contributed by atoms with Gasteiger partial charge in [0.05, 0.1) is 44.8 Å². The van der Waals surface area contributed by atoms with Crippen LogP contribution in [-0.4, -0.2) is 121 Å². The number of hydrogen-bond donors (Lipinski definition) is 2. The van der Waals surface area contributed by atoms with Crippen LogP contribution < -0.4 is 24.4 Å². The number of amides is 3. The molecule has 27 heteroatoms. The Kier molecular flexibility index (Phi) is 15.5. The Hall–Kier alpha value is -7.54. The summed E-state index contributed by atoms with van der Waals surface area (Å²) in [5, 5.41) is 18.2. The third kappa shape index (κ3) is 9.65. The number of aromatic nitrogens is 3. The molecule has 6 aromatic rings. The Morgan fingerprint density at radius 2 is 1.64 bits per heavy atom. The molecule has 3 amide bonds. The molecule has 7 heterocycles. The first-order valence-electron chi connectivity index (χ1n) is 27.2. The number of carbonyl (C=O) groups is 6. The van der Waals surface area contributed by atoms with Crippen molar-refractivity contribution in [3.8, 4) is 23.0 Å². The molecule has 6 aliphatic heterocycles. The minimum Gasteiger partial charge on any atom is -0.489 e. The number of hydrogen-bond acceptors (Lipinski definition) is 17. The van der Waals surface area contributed by atoms with Gasteiger partial charge in [-0.05, 0) is 73.4 Å². The molecule has 2 unspecified atom stereocenters. The lowest BCUT2D eigenvalue weighted by Gasteiger charge is -2.50. The molecule has 0 aliphatic carbocycles. The van der Waals surface area contributed by atoms with E-state index in [0.717, 1.165) is 40.4 Å². The van der Waals surface area contributed by atoms with Gasteiger partial charge in [0.15, 0.2) is 15.4 Å². The van der Waals surface area contributed by atoms with Crippen LogP contribution in [0.25, 0.3) is 0 Å². The number of aryl methyl sites for hydroxylation is 1. The first kappa shape index (κ1) is 58.8. The molecule has 21 nitrogen and oxygen atoms in total. The smallest absolute Gasteiger partial charge is 0.489 e. The number of sulfone groups is 1. The third-order valence-corrected chi connectivity index (χ3v) is 22.4. The number of halogens is 4. The van der Waals surface area contributed by atoms with Crippen LogP contribution in [0.3, 0.4) is 0 Å². The highest BCUT2D eigenvalue weighted by molar-refractivity contribution is 8.00. The molecule has 3 fully saturated rings. The van der Waals surface area contributed by atoms with E-state index in [9.17, 15) is 42.3 Å². The summed E-state index contributed by atoms with van der Waals surface area (Å²) in [5.41, 5.74) is 1.83. The number of thioether (sulfide) groups is 1. The van der Waals surface area contributed by atoms with E-state index in [1.165, 1.54) is 35.8 Å². The summed E-state index contributed by atoms with van der Waals surface area (Å²) in [6, 6.07) is 22.2. The molecule has 1 spiro atoms. The fraction of sp³-hybridized carbons (Fsp3) is 0.322. The topological polar surface area (TPSA) is 255 Å². The van der Waals surface area contributed by atoms with Crippen molar-refractivity contribution >= 4 is 115 Å². The molecule has 3 saturated heterocycles. The van der Waals surface area contributed by atoms with E-state index >= 15 is 0 Å². The Morgan fingerprint density at radius 1 is 0.895 bits per heavy atom. The number of aliphatic carboxylic acids is 1. The van der Waals surface area contributed by atoms with Crippen LogP contribution in [0.4, 0.5) is 16.2 Å². The zero-order valence-corrected chi connectivity index (χ0v) is 50.5. The summed E-state index contributed by atoms with van der Waals surface area (Å²) < 4.78 is 57.8. The van der Waals surface area contributed by atoms with Crippen molar-refractivity contribution in [2.45, 2.75) is 98.7 Å². The normalized spacial score (nSPS) is 22.8. The molecule has 6 atom stereocenters. The number of β-lactam (4-membered cyclic amide) rings is 2. The molecular weight excluding hydrogens is 1240 g/mol. The minimum atomic E-state index is -4.10. The molecule has 12 rings (SSSR count). The quantitative estimate of drug-likeness (QED) is 0.0203. The molecule has 0 radical (unpaired) electrons. The molecule has 1 aromatic heterocycles. The maximum absolute atomic E-state index is 14.1. The first-order chi connectivity index (χ1) is 41.2. The van der Waals surface area contributed by atoms with Crippen molar-refractivity contribution in [2.24, 2.45) is 0 Å². The molecule has 0 saturated carbocycles. The lowest BCUT2D eigenvalue weighted by molar-refractivity contribution is -0.154. The largest absolute Gasteiger partial charge is 0.514 e. The van der Waals surface area contributed by atoms with E-state index in [4.69, 9.17) is 70.1 Å². The van der Waals surface area contributed by atoms with Crippen molar-refractivity contribution in [1.82, 2.24) is 30.1 Å². The van der Waals surface area contributed by atoms with Crippen LogP contribution >= 0.6 is 58.2 Å². The number of carboxylic acids is 1. The lowest BCUT2D eigenvalue weighted by atomic mass is 9.76. The van der Waals surface area contributed by atoms with Crippen molar-refractivity contribution in [3.63, 3.8) is 0 Å². The van der Waals surface area contributed by atoms with Gasteiger partial charge in [-0.2, -0.15) is 0 Å². The van der Waals surface area contributed by atoms with Crippen LogP contribution in [0, 0.1) is 0 Å². The summed E-state index contributed by atoms with van der Waals surface area (Å²) in [4.78, 5) is 85.2. The number of anilines is 2. The zero-order valence-electron chi connectivity index (χ0n) is 45.9. The predicted molar refractivity (Wildman–Crippen MR) is 316 cm³/mol. The molecule has 5 aromatic carbocycles. The number of fused-ring (bicyclic) bond motifs is 8. The number of para-hydroxylation sites is 1. The van der Waals surface area contributed by atoms with E-state index in [0.29, 0.717) is 46.6 Å². The van der Waals surface area contributed by atoms with Crippen LogP contribution in [-0.2, 0) is 63.7 Å². The van der Waals surface area contributed by atoms with E-state index in [2.05, 4.69) is 22.6 Å². The second-order valence-corrected chi connectivity index (χ2v) is 26.8. The number of nitrogens with zero attached hydrogens (tertiary/aromatic N) is 6. The van der Waals surface area contributed by atoms with Crippen molar-refractivity contribution in [3.05, 3.63) is 162 Å². The van der Waals surface area contributed by atoms with Gasteiger partial charge in [0.1, 0.15) is 69.5 Å². The van der Waals surface area contributed by atoms with Crippen LogP contribution in [0.5, 0.6) is 23.0 Å². The monoisotopic (exact) mass is 1290 g/mol. The maximum Gasteiger partial charge on any atom is 0.514 e. The number of nitrogens with one attached hydrogen (secondary N) is 1. The number of rotatable bonds is 18. The summed E-state index contributed by atoms with van der Waals surface area (Å²) in [6.07, 6.45) is 5.38. The van der Waals surface area contributed by atoms with Gasteiger partial charge in [0.25, 0.3) is 5.91 Å². The van der Waals surface area contributed by atoms with E-state index in [-0.39, 0.29) is 85.9 Å². The van der Waals surface area contributed by atoms with Gasteiger partial charge < -0.3 is 43.9 Å². The first-order valence-corrected chi connectivity index (χ1v) is 31.3. The highest BCUT2D eigenvalue weighted by Gasteiger charge is 2.70. The van der Waals surface area contributed by atoms with Crippen LogP contribution in [0.15, 0.2) is 109 Å². The van der Waals surface area contributed by atoms with E-state index < -0.39 is 78.8 Å².